The van der Waals surface area contributed by atoms with Gasteiger partial charge in [0.1, 0.15) is 0 Å². The topological polar surface area (TPSA) is 35.6 Å². The van der Waals surface area contributed by atoms with E-state index < -0.39 is 0 Å². The highest BCUT2D eigenvalue weighted by molar-refractivity contribution is 5.85. The molecule has 0 aromatic heterocycles. The van der Waals surface area contributed by atoms with Gasteiger partial charge in [-0.15, -0.1) is 24.8 Å². The molecule has 120 valence electrons. The maximum Gasteiger partial charge on any atom is 0.224 e. The minimum atomic E-state index is 0. The van der Waals surface area contributed by atoms with Crippen LogP contribution in [0.1, 0.15) is 33.1 Å². The third-order valence-electron chi connectivity index (χ3n) is 3.93. The van der Waals surface area contributed by atoms with Gasteiger partial charge in [-0.1, -0.05) is 13.8 Å². The van der Waals surface area contributed by atoms with E-state index in [0.29, 0.717) is 18.4 Å². The lowest BCUT2D eigenvalue weighted by atomic mass is 10.1. The lowest BCUT2D eigenvalue weighted by Crippen LogP contribution is -2.50. The molecule has 2 heterocycles. The van der Waals surface area contributed by atoms with Gasteiger partial charge in [-0.2, -0.15) is 0 Å². The number of nitrogens with zero attached hydrogens (tertiary/aromatic N) is 2. The van der Waals surface area contributed by atoms with Gasteiger partial charge in [-0.05, 0) is 25.3 Å². The highest BCUT2D eigenvalue weighted by Gasteiger charge is 2.24. The molecule has 1 amide bonds. The van der Waals surface area contributed by atoms with E-state index >= 15 is 0 Å². The van der Waals surface area contributed by atoms with Crippen molar-refractivity contribution < 1.29 is 4.79 Å². The Morgan fingerprint density at radius 2 is 1.85 bits per heavy atom. The van der Waals surface area contributed by atoms with Crippen LogP contribution in [0.25, 0.3) is 0 Å². The first-order valence-corrected chi connectivity index (χ1v) is 7.38. The second-order valence-corrected chi connectivity index (χ2v) is 6.07. The van der Waals surface area contributed by atoms with Crippen LogP contribution in [0.3, 0.4) is 0 Å². The van der Waals surface area contributed by atoms with Crippen molar-refractivity contribution in [2.75, 3.05) is 39.3 Å². The van der Waals surface area contributed by atoms with E-state index in [1.165, 1.54) is 12.8 Å². The Hall–Kier alpha value is -0.0300. The number of amides is 1. The largest absolute Gasteiger partial charge is 0.340 e. The van der Waals surface area contributed by atoms with E-state index in [-0.39, 0.29) is 24.8 Å². The fraction of sp³-hybridized carbons (Fsp3) is 0.929. The van der Waals surface area contributed by atoms with Crippen LogP contribution in [-0.4, -0.2) is 61.0 Å². The maximum atomic E-state index is 12.2. The van der Waals surface area contributed by atoms with Crippen LogP contribution < -0.4 is 5.32 Å². The first-order chi connectivity index (χ1) is 8.65. The van der Waals surface area contributed by atoms with E-state index in [9.17, 15) is 4.79 Å². The van der Waals surface area contributed by atoms with Crippen molar-refractivity contribution in [3.8, 4) is 0 Å². The molecular weight excluding hydrogens is 297 g/mol. The van der Waals surface area contributed by atoms with E-state index in [4.69, 9.17) is 0 Å². The predicted molar refractivity (Wildman–Crippen MR) is 88.0 cm³/mol. The zero-order valence-corrected chi connectivity index (χ0v) is 14.3. The minimum Gasteiger partial charge on any atom is -0.340 e. The van der Waals surface area contributed by atoms with Gasteiger partial charge in [0.05, 0.1) is 0 Å². The number of rotatable bonds is 4. The quantitative estimate of drug-likeness (QED) is 0.855. The van der Waals surface area contributed by atoms with Crippen LogP contribution in [0.15, 0.2) is 0 Å². The van der Waals surface area contributed by atoms with Crippen molar-refractivity contribution in [1.29, 1.82) is 0 Å². The average molecular weight is 326 g/mol. The molecule has 2 aliphatic heterocycles. The predicted octanol–water partition coefficient (Wildman–Crippen LogP) is 1.77. The molecule has 0 saturated carbocycles. The highest BCUT2D eigenvalue weighted by atomic mass is 35.5. The summed E-state index contributed by atoms with van der Waals surface area (Å²) < 4.78 is 0. The van der Waals surface area contributed by atoms with Gasteiger partial charge in [0.2, 0.25) is 5.91 Å². The van der Waals surface area contributed by atoms with E-state index in [2.05, 4.69) is 29.0 Å². The molecule has 0 aliphatic carbocycles. The molecule has 1 N–H and O–H groups in total. The molecule has 2 saturated heterocycles. The van der Waals surface area contributed by atoms with Gasteiger partial charge in [0.15, 0.2) is 0 Å². The molecule has 0 radical (unpaired) electrons. The van der Waals surface area contributed by atoms with Gasteiger partial charge < -0.3 is 10.2 Å². The standard InChI is InChI=1S/C14H27N3O.2ClH/c1-12(2)11-16-6-8-17(9-7-16)14(18)10-13-4-3-5-15-13;;/h12-13,15H,3-11H2,1-2H3;2*1H. The minimum absolute atomic E-state index is 0. The summed E-state index contributed by atoms with van der Waals surface area (Å²) in [6.45, 7) is 10.7. The SMILES string of the molecule is CC(C)CN1CCN(C(=O)CC2CCCN2)CC1.Cl.Cl. The Morgan fingerprint density at radius 3 is 2.35 bits per heavy atom. The molecule has 0 bridgehead atoms. The molecule has 6 heteroatoms. The maximum absolute atomic E-state index is 12.2. The smallest absolute Gasteiger partial charge is 0.224 e. The zero-order valence-electron chi connectivity index (χ0n) is 12.6. The Morgan fingerprint density at radius 1 is 1.20 bits per heavy atom. The first-order valence-electron chi connectivity index (χ1n) is 7.38. The Kier molecular flexibility index (Phi) is 9.81. The molecule has 0 aromatic rings. The summed E-state index contributed by atoms with van der Waals surface area (Å²) in [6, 6.07) is 0.436. The summed E-state index contributed by atoms with van der Waals surface area (Å²) >= 11 is 0. The summed E-state index contributed by atoms with van der Waals surface area (Å²) in [4.78, 5) is 16.7. The number of carbonyl (C=O) groups excluding carboxylic acids is 1. The second kappa shape index (κ2) is 9.82. The van der Waals surface area contributed by atoms with E-state index in [1.807, 2.05) is 0 Å². The fourth-order valence-electron chi connectivity index (χ4n) is 2.97. The Balaban J connectivity index is 0.00000180. The van der Waals surface area contributed by atoms with Crippen molar-refractivity contribution >= 4 is 30.7 Å². The Bertz CT molecular complexity index is 276. The molecule has 2 rings (SSSR count). The Labute approximate surface area is 135 Å². The molecule has 0 aromatic carbocycles. The number of halogens is 2. The number of hydrogen-bond acceptors (Lipinski definition) is 3. The van der Waals surface area contributed by atoms with Crippen molar-refractivity contribution in [2.24, 2.45) is 5.92 Å². The third kappa shape index (κ3) is 6.17. The monoisotopic (exact) mass is 325 g/mol. The molecule has 1 unspecified atom stereocenters. The molecule has 1 atom stereocenters. The van der Waals surface area contributed by atoms with Crippen LogP contribution in [-0.2, 0) is 4.79 Å². The van der Waals surface area contributed by atoms with Crippen LogP contribution in [0.2, 0.25) is 0 Å². The summed E-state index contributed by atoms with van der Waals surface area (Å²) in [5.74, 6) is 1.06. The highest BCUT2D eigenvalue weighted by Crippen LogP contribution is 2.12. The van der Waals surface area contributed by atoms with Gasteiger partial charge in [0, 0.05) is 45.2 Å². The normalized spacial score (nSPS) is 23.4. The summed E-state index contributed by atoms with van der Waals surface area (Å²) in [5.41, 5.74) is 0. The van der Waals surface area contributed by atoms with Crippen LogP contribution in [0, 0.1) is 5.92 Å². The zero-order chi connectivity index (χ0) is 13.0. The average Bonchev–Trinajstić information content (AvgIpc) is 2.82. The molecule has 2 aliphatic rings. The van der Waals surface area contributed by atoms with Crippen molar-refractivity contribution in [1.82, 2.24) is 15.1 Å². The molecular formula is C14H29Cl2N3O. The van der Waals surface area contributed by atoms with Gasteiger partial charge in [-0.25, -0.2) is 0 Å². The molecule has 20 heavy (non-hydrogen) atoms. The lowest BCUT2D eigenvalue weighted by molar-refractivity contribution is -0.133. The number of nitrogens with one attached hydrogen (secondary N) is 1. The number of carbonyl (C=O) groups is 1. The number of piperazine rings is 1. The molecule has 2 fully saturated rings. The summed E-state index contributed by atoms with van der Waals surface area (Å²) in [6.07, 6.45) is 3.09. The summed E-state index contributed by atoms with van der Waals surface area (Å²) in [5, 5.41) is 3.40. The van der Waals surface area contributed by atoms with Crippen molar-refractivity contribution in [2.45, 2.75) is 39.2 Å². The van der Waals surface area contributed by atoms with Crippen molar-refractivity contribution in [3.05, 3.63) is 0 Å². The van der Waals surface area contributed by atoms with Crippen LogP contribution >= 0.6 is 24.8 Å². The van der Waals surface area contributed by atoms with Gasteiger partial charge in [-0.3, -0.25) is 9.69 Å². The number of hydrogen-bond donors (Lipinski definition) is 1. The third-order valence-corrected chi connectivity index (χ3v) is 3.93. The van der Waals surface area contributed by atoms with Crippen LogP contribution in [0.5, 0.6) is 0 Å². The van der Waals surface area contributed by atoms with Crippen LogP contribution in [0.4, 0.5) is 0 Å². The van der Waals surface area contributed by atoms with Crippen molar-refractivity contribution in [3.63, 3.8) is 0 Å². The van der Waals surface area contributed by atoms with E-state index in [0.717, 1.165) is 45.2 Å². The van der Waals surface area contributed by atoms with Gasteiger partial charge >= 0.3 is 0 Å². The van der Waals surface area contributed by atoms with E-state index in [1.54, 1.807) is 0 Å². The lowest BCUT2D eigenvalue weighted by Gasteiger charge is -2.36. The first kappa shape index (κ1) is 20.0. The summed E-state index contributed by atoms with van der Waals surface area (Å²) in [7, 11) is 0. The van der Waals surface area contributed by atoms with Gasteiger partial charge in [0.25, 0.3) is 0 Å². The molecule has 0 spiro atoms. The second-order valence-electron chi connectivity index (χ2n) is 6.07. The molecule has 4 nitrogen and oxygen atoms in total. The fourth-order valence-corrected chi connectivity index (χ4v) is 2.97.